The first-order chi connectivity index (χ1) is 27.5. The van der Waals surface area contributed by atoms with Crippen LogP contribution in [0.2, 0.25) is 0 Å². The van der Waals surface area contributed by atoms with Gasteiger partial charge in [0.15, 0.2) is 6.29 Å². The van der Waals surface area contributed by atoms with E-state index in [4.69, 9.17) is 28.4 Å². The highest BCUT2D eigenvalue weighted by Gasteiger charge is 2.57. The number of ketones is 1. The molecule has 0 aliphatic carbocycles. The molecule has 4 saturated heterocycles. The van der Waals surface area contributed by atoms with Gasteiger partial charge in [0.25, 0.3) is 0 Å². The predicted molar refractivity (Wildman–Crippen MR) is 220 cm³/mol. The summed E-state index contributed by atoms with van der Waals surface area (Å²) < 4.78 is 39.5. The highest BCUT2D eigenvalue weighted by atomic mass is 16.7. The second kappa shape index (κ2) is 18.3. The minimum Gasteiger partial charge on any atom is -0.458 e. The van der Waals surface area contributed by atoms with Gasteiger partial charge in [-0.3, -0.25) is 14.4 Å². The van der Waals surface area contributed by atoms with E-state index in [1.54, 1.807) is 6.92 Å². The molecule has 15 atom stereocenters. The Balaban J connectivity index is 1.38. The van der Waals surface area contributed by atoms with E-state index in [0.29, 0.717) is 19.4 Å². The summed E-state index contributed by atoms with van der Waals surface area (Å²) in [4.78, 5) is 44.0. The van der Waals surface area contributed by atoms with Crippen molar-refractivity contribution in [2.45, 2.75) is 148 Å². The predicted octanol–water partition coefficient (Wildman–Crippen LogP) is 5.49. The number of carbonyl (C=O) groups excluding carboxylic acids is 3. The smallest absolute Gasteiger partial charge is 0.311 e. The Labute approximate surface area is 344 Å². The van der Waals surface area contributed by atoms with Crippen molar-refractivity contribution in [2.24, 2.45) is 29.6 Å². The Kier molecular flexibility index (Phi) is 14.1. The number of hydrogen-bond donors (Lipinski definition) is 2. The number of esters is 2. The summed E-state index contributed by atoms with van der Waals surface area (Å²) in [5, 5.41) is 17.8. The zero-order valence-electron chi connectivity index (χ0n) is 36.3. The van der Waals surface area contributed by atoms with Gasteiger partial charge in [-0.1, -0.05) is 70.2 Å². The van der Waals surface area contributed by atoms with E-state index >= 15 is 0 Å². The molecule has 4 fully saturated rings. The molecule has 12 nitrogen and oxygen atoms in total. The highest BCUT2D eigenvalue weighted by Crippen LogP contribution is 2.46. The fourth-order valence-corrected chi connectivity index (χ4v) is 10.5. The van der Waals surface area contributed by atoms with Crippen LogP contribution in [0.1, 0.15) is 86.6 Å². The molecule has 6 rings (SSSR count). The van der Waals surface area contributed by atoms with Gasteiger partial charge in [0, 0.05) is 29.7 Å². The number of carbonyl (C=O) groups is 3. The summed E-state index contributed by atoms with van der Waals surface area (Å²) in [6.45, 7) is 16.3. The van der Waals surface area contributed by atoms with E-state index in [2.05, 4.69) is 41.7 Å². The van der Waals surface area contributed by atoms with E-state index < -0.39 is 83.4 Å². The molecule has 2 aromatic rings. The molecule has 58 heavy (non-hydrogen) atoms. The molecule has 2 N–H and O–H groups in total. The Morgan fingerprint density at radius 1 is 0.966 bits per heavy atom. The number of aliphatic hydroxyl groups is 1. The van der Waals surface area contributed by atoms with Crippen molar-refractivity contribution < 1.29 is 47.9 Å². The molecule has 1 unspecified atom stereocenters. The van der Waals surface area contributed by atoms with Crippen molar-refractivity contribution in [3.05, 3.63) is 48.0 Å². The van der Waals surface area contributed by atoms with Gasteiger partial charge < -0.3 is 43.7 Å². The monoisotopic (exact) mass is 808 g/mol. The van der Waals surface area contributed by atoms with Gasteiger partial charge in [0.1, 0.15) is 23.6 Å². The number of benzene rings is 2. The lowest BCUT2D eigenvalue weighted by atomic mass is 9.70. The largest absolute Gasteiger partial charge is 0.458 e. The van der Waals surface area contributed by atoms with Crippen molar-refractivity contribution in [1.82, 2.24) is 10.2 Å². The summed E-state index contributed by atoms with van der Waals surface area (Å²) in [6, 6.07) is 14.2. The first-order valence-corrected chi connectivity index (χ1v) is 21.5. The van der Waals surface area contributed by atoms with Crippen LogP contribution in [0.15, 0.2) is 42.5 Å². The lowest BCUT2D eigenvalue weighted by Crippen LogP contribution is -2.60. The topological polar surface area (TPSA) is 142 Å². The molecule has 2 aromatic carbocycles. The lowest BCUT2D eigenvalue weighted by Gasteiger charge is -2.48. The molecule has 0 saturated carbocycles. The molecule has 4 heterocycles. The zero-order valence-corrected chi connectivity index (χ0v) is 36.3. The molecule has 12 heteroatoms. The summed E-state index contributed by atoms with van der Waals surface area (Å²) >= 11 is 0. The number of cyclic esters (lactones) is 1. The van der Waals surface area contributed by atoms with E-state index in [9.17, 15) is 19.5 Å². The Morgan fingerprint density at radius 2 is 1.69 bits per heavy atom. The zero-order chi connectivity index (χ0) is 42.1. The average molecular weight is 809 g/mol. The van der Waals surface area contributed by atoms with Crippen LogP contribution in [0.25, 0.3) is 10.8 Å². The molecule has 322 valence electrons. The third kappa shape index (κ3) is 9.18. The molecule has 0 radical (unpaired) electrons. The van der Waals surface area contributed by atoms with Crippen molar-refractivity contribution in [2.75, 3.05) is 33.9 Å². The third-order valence-electron chi connectivity index (χ3n) is 13.8. The summed E-state index contributed by atoms with van der Waals surface area (Å²) in [7, 11) is 3.86. The van der Waals surface area contributed by atoms with Crippen LogP contribution < -0.4 is 5.32 Å². The SMILES string of the molecule is CC[C@H]1OC(=O)[C@H](C)[C@H]2OCC(NCCc3cccc4ccccc34)CO[C@](C)(C[C@@H](C)C(=O)[C@H](C)[C@@H]3CC(=O)O[C@]13C)[C@H](O[C@@H]1O[C@H](C)C[C@H](N(C)C)[C@H]1O)[C@@H]2C. The summed E-state index contributed by atoms with van der Waals surface area (Å²) in [5.74, 6) is -3.84. The standard InChI is InChI=1S/C46H68N2O10/c1-11-37-46(8)35(22-38(49)58-46)28(4)39(50)26(2)23-45(7)42(57-44-40(51)36(48(9)10)21-27(3)55-44)29(5)41(30(6)43(52)56-37)53-24-33(25-54-45)47-20-19-32-17-14-16-31-15-12-13-18-34(31)32/h12-18,26-30,33,35-37,40-42,44,47,51H,11,19-25H2,1-10H3/t26-,27-,28-,29-,30-,33?,35+,36+,37-,40-,41+,42-,44+,45-,46+/m1/s1. The number of rotatable bonds is 8. The van der Waals surface area contributed by atoms with Gasteiger partial charge in [-0.25, -0.2) is 0 Å². The number of ether oxygens (including phenoxy) is 6. The van der Waals surface area contributed by atoms with E-state index in [1.807, 2.05) is 73.5 Å². The minimum absolute atomic E-state index is 0.0370. The van der Waals surface area contributed by atoms with E-state index in [1.165, 1.54) is 16.3 Å². The van der Waals surface area contributed by atoms with Crippen LogP contribution in [0.5, 0.6) is 0 Å². The van der Waals surface area contributed by atoms with Gasteiger partial charge in [0.2, 0.25) is 0 Å². The van der Waals surface area contributed by atoms with Crippen molar-refractivity contribution in [1.29, 1.82) is 0 Å². The second-order valence-electron chi connectivity index (χ2n) is 18.3. The van der Waals surface area contributed by atoms with E-state index in [0.717, 1.165) is 6.42 Å². The van der Waals surface area contributed by atoms with Gasteiger partial charge in [-0.05, 0) is 90.4 Å². The van der Waals surface area contributed by atoms with Crippen molar-refractivity contribution in [3.8, 4) is 0 Å². The lowest BCUT2D eigenvalue weighted by molar-refractivity contribution is -0.302. The number of fused-ring (bicyclic) bond motifs is 5. The van der Waals surface area contributed by atoms with Crippen LogP contribution in [-0.2, 0) is 49.2 Å². The maximum atomic E-state index is 14.6. The number of Topliss-reactive ketones (excluding diaryl/α,β-unsaturated/α-hetero) is 1. The summed E-state index contributed by atoms with van der Waals surface area (Å²) in [5.41, 5.74) is -1.08. The number of hydrogen-bond acceptors (Lipinski definition) is 12. The quantitative estimate of drug-likeness (QED) is 0.326. The van der Waals surface area contributed by atoms with Crippen LogP contribution in [0.4, 0.5) is 0 Å². The Morgan fingerprint density at radius 3 is 2.41 bits per heavy atom. The van der Waals surface area contributed by atoms with Crippen LogP contribution >= 0.6 is 0 Å². The molecular formula is C46H68N2O10. The highest BCUT2D eigenvalue weighted by molar-refractivity contribution is 5.86. The molecule has 4 aliphatic heterocycles. The summed E-state index contributed by atoms with van der Waals surface area (Å²) in [6.07, 6.45) is -2.40. The van der Waals surface area contributed by atoms with Gasteiger partial charge in [-0.2, -0.15) is 0 Å². The first kappa shape index (κ1) is 44.6. The second-order valence-corrected chi connectivity index (χ2v) is 18.3. The fourth-order valence-electron chi connectivity index (χ4n) is 10.5. The maximum absolute atomic E-state index is 14.6. The number of nitrogens with zero attached hydrogens (tertiary/aromatic N) is 1. The number of nitrogens with one attached hydrogen (secondary N) is 1. The molecule has 0 aromatic heterocycles. The number of aliphatic hydroxyl groups excluding tert-OH is 1. The first-order valence-electron chi connectivity index (χ1n) is 21.5. The van der Waals surface area contributed by atoms with E-state index in [-0.39, 0.29) is 50.0 Å². The Hall–Kier alpha value is -2.97. The van der Waals surface area contributed by atoms with Gasteiger partial charge in [-0.15, -0.1) is 0 Å². The molecular weight excluding hydrogens is 741 g/mol. The molecule has 4 aliphatic rings. The van der Waals surface area contributed by atoms with Crippen LogP contribution in [-0.4, -0.2) is 122 Å². The van der Waals surface area contributed by atoms with Crippen molar-refractivity contribution >= 4 is 28.5 Å². The number of likely N-dealkylation sites (N-methyl/N-ethyl adjacent to an activating group) is 1. The molecule has 0 spiro atoms. The molecule has 0 amide bonds. The fraction of sp³-hybridized carbons (Fsp3) is 0.717. The van der Waals surface area contributed by atoms with Gasteiger partial charge >= 0.3 is 11.9 Å². The van der Waals surface area contributed by atoms with Crippen LogP contribution in [0.3, 0.4) is 0 Å². The minimum atomic E-state index is -1.19. The van der Waals surface area contributed by atoms with Crippen molar-refractivity contribution in [3.63, 3.8) is 0 Å². The maximum Gasteiger partial charge on any atom is 0.311 e. The van der Waals surface area contributed by atoms with Crippen LogP contribution in [0, 0.1) is 29.6 Å². The average Bonchev–Trinajstić information content (AvgIpc) is 3.52. The molecule has 2 bridgehead atoms. The third-order valence-corrected chi connectivity index (χ3v) is 13.8. The van der Waals surface area contributed by atoms with Gasteiger partial charge in [0.05, 0.1) is 55.5 Å². The Bertz CT molecular complexity index is 1750. The normalized spacial score (nSPS) is 40.6.